The van der Waals surface area contributed by atoms with Gasteiger partial charge in [-0.05, 0) is 60.7 Å². The third-order valence-electron chi connectivity index (χ3n) is 5.02. The summed E-state index contributed by atoms with van der Waals surface area (Å²) in [6.07, 6.45) is 5.09. The van der Waals surface area contributed by atoms with E-state index in [0.29, 0.717) is 17.4 Å². The van der Waals surface area contributed by atoms with E-state index in [0.717, 1.165) is 30.5 Å². The van der Waals surface area contributed by atoms with Crippen LogP contribution in [-0.4, -0.2) is 19.9 Å². The minimum Gasteiger partial charge on any atom is -0.334 e. The van der Waals surface area contributed by atoms with Gasteiger partial charge in [0.1, 0.15) is 5.69 Å². The van der Waals surface area contributed by atoms with E-state index in [4.69, 9.17) is 10.3 Å². The van der Waals surface area contributed by atoms with Crippen LogP contribution in [-0.2, 0) is 6.42 Å². The molecule has 5 rings (SSSR count). The molecule has 2 N–H and O–H groups in total. The monoisotopic (exact) mass is 357 g/mol. The summed E-state index contributed by atoms with van der Waals surface area (Å²) in [6, 6.07) is 18.1. The fourth-order valence-electron chi connectivity index (χ4n) is 3.60. The zero-order valence-electron chi connectivity index (χ0n) is 14.7. The van der Waals surface area contributed by atoms with Crippen LogP contribution in [0.5, 0.6) is 0 Å². The lowest BCUT2D eigenvalue weighted by molar-refractivity contribution is 0.432. The lowest BCUT2D eigenvalue weighted by Gasteiger charge is -2.22. The number of aromatic nitrogens is 4. The highest BCUT2D eigenvalue weighted by Crippen LogP contribution is 2.31. The number of hydrogen-bond acceptors (Lipinski definition) is 5. The van der Waals surface area contributed by atoms with Crippen molar-refractivity contribution in [3.05, 3.63) is 71.9 Å². The van der Waals surface area contributed by atoms with Crippen molar-refractivity contribution in [3.8, 4) is 28.7 Å². The molecule has 1 unspecified atom stereocenters. The highest BCUT2D eigenvalue weighted by Gasteiger charge is 2.19. The highest BCUT2D eigenvalue weighted by molar-refractivity contribution is 5.59. The first-order valence-corrected chi connectivity index (χ1v) is 9.12. The van der Waals surface area contributed by atoms with Gasteiger partial charge in [-0.25, -0.2) is 4.68 Å². The molecule has 6 heteroatoms. The molecule has 2 aromatic heterocycles. The Hall–Kier alpha value is -3.25. The van der Waals surface area contributed by atoms with Crippen LogP contribution in [0.15, 0.2) is 65.3 Å². The molecular weight excluding hydrogens is 338 g/mol. The van der Waals surface area contributed by atoms with E-state index in [2.05, 4.69) is 27.4 Å². The fourth-order valence-corrected chi connectivity index (χ4v) is 3.60. The Morgan fingerprint density at radius 3 is 2.85 bits per heavy atom. The van der Waals surface area contributed by atoms with Crippen molar-refractivity contribution >= 4 is 0 Å². The van der Waals surface area contributed by atoms with Crippen LogP contribution in [0.4, 0.5) is 0 Å². The molecular formula is C21H19N5O. The molecule has 2 heterocycles. The number of fused-ring (bicyclic) bond motifs is 1. The maximum atomic E-state index is 6.20. The number of hydrogen-bond donors (Lipinski definition) is 1. The van der Waals surface area contributed by atoms with Crippen LogP contribution < -0.4 is 5.73 Å². The number of rotatable bonds is 3. The summed E-state index contributed by atoms with van der Waals surface area (Å²) < 4.78 is 7.29. The Balaban J connectivity index is 1.45. The summed E-state index contributed by atoms with van der Waals surface area (Å²) in [4.78, 5) is 4.54. The maximum absolute atomic E-state index is 6.20. The average molecular weight is 357 g/mol. The summed E-state index contributed by atoms with van der Waals surface area (Å²) in [5.41, 5.74) is 11.3. The van der Waals surface area contributed by atoms with Crippen LogP contribution >= 0.6 is 0 Å². The van der Waals surface area contributed by atoms with Crippen molar-refractivity contribution in [3.63, 3.8) is 0 Å². The molecule has 0 fully saturated rings. The van der Waals surface area contributed by atoms with E-state index >= 15 is 0 Å². The zero-order chi connectivity index (χ0) is 18.2. The van der Waals surface area contributed by atoms with Gasteiger partial charge in [0.15, 0.2) is 0 Å². The predicted molar refractivity (Wildman–Crippen MR) is 102 cm³/mol. The van der Waals surface area contributed by atoms with Gasteiger partial charge in [-0.3, -0.25) is 0 Å². The van der Waals surface area contributed by atoms with E-state index in [-0.39, 0.29) is 6.04 Å². The standard InChI is InChI=1S/C21H19N5O/c22-18-8-4-5-14-13-15(9-10-17(14)18)21-23-20(25-27-21)19-11-12-26(24-19)16-6-2-1-3-7-16/h1-3,6-7,9-13,18H,4-5,8,22H2. The molecule has 6 nitrogen and oxygen atoms in total. The smallest absolute Gasteiger partial charge is 0.258 e. The first-order chi connectivity index (χ1) is 13.3. The van der Waals surface area contributed by atoms with Crippen molar-refractivity contribution in [1.29, 1.82) is 0 Å². The van der Waals surface area contributed by atoms with E-state index in [1.165, 1.54) is 11.1 Å². The van der Waals surface area contributed by atoms with Crippen molar-refractivity contribution in [2.75, 3.05) is 0 Å². The van der Waals surface area contributed by atoms with Crippen molar-refractivity contribution in [2.24, 2.45) is 5.73 Å². The van der Waals surface area contributed by atoms with Gasteiger partial charge in [-0.15, -0.1) is 0 Å². The number of aryl methyl sites for hydroxylation is 1. The Labute approximate surface area is 156 Å². The summed E-state index contributed by atoms with van der Waals surface area (Å²) in [5, 5.41) is 8.66. The molecule has 0 radical (unpaired) electrons. The van der Waals surface area contributed by atoms with Gasteiger partial charge >= 0.3 is 0 Å². The first-order valence-electron chi connectivity index (χ1n) is 9.12. The van der Waals surface area contributed by atoms with Gasteiger partial charge in [0.05, 0.1) is 5.69 Å². The Morgan fingerprint density at radius 1 is 1.07 bits per heavy atom. The second kappa shape index (κ2) is 6.48. The van der Waals surface area contributed by atoms with Gasteiger partial charge in [-0.1, -0.05) is 29.4 Å². The van der Waals surface area contributed by atoms with Gasteiger partial charge in [0, 0.05) is 17.8 Å². The van der Waals surface area contributed by atoms with Crippen LogP contribution in [0.25, 0.3) is 28.7 Å². The topological polar surface area (TPSA) is 82.8 Å². The van der Waals surface area contributed by atoms with E-state index in [9.17, 15) is 0 Å². The SMILES string of the molecule is NC1CCCc2cc(-c3nc(-c4ccn(-c5ccccc5)n4)no3)ccc21. The minimum absolute atomic E-state index is 0.128. The Bertz CT molecular complexity index is 1080. The van der Waals surface area contributed by atoms with Crippen molar-refractivity contribution in [2.45, 2.75) is 25.3 Å². The molecule has 0 saturated carbocycles. The van der Waals surface area contributed by atoms with E-state index in [1.807, 2.05) is 48.7 Å². The van der Waals surface area contributed by atoms with Gasteiger partial charge in [-0.2, -0.15) is 10.1 Å². The fraction of sp³-hybridized carbons (Fsp3) is 0.190. The lowest BCUT2D eigenvalue weighted by atomic mass is 9.87. The Kier molecular flexibility index (Phi) is 3.83. The van der Waals surface area contributed by atoms with Gasteiger partial charge in [0.2, 0.25) is 5.82 Å². The van der Waals surface area contributed by atoms with E-state index in [1.54, 1.807) is 4.68 Å². The average Bonchev–Trinajstić information content (AvgIpc) is 3.38. The van der Waals surface area contributed by atoms with Crippen molar-refractivity contribution in [1.82, 2.24) is 19.9 Å². The second-order valence-corrected chi connectivity index (χ2v) is 6.82. The molecule has 4 aromatic rings. The molecule has 134 valence electrons. The molecule has 0 amide bonds. The third-order valence-corrected chi connectivity index (χ3v) is 5.02. The molecule has 0 bridgehead atoms. The molecule has 1 atom stereocenters. The van der Waals surface area contributed by atoms with Crippen LogP contribution in [0.1, 0.15) is 30.0 Å². The van der Waals surface area contributed by atoms with Gasteiger partial charge < -0.3 is 10.3 Å². The predicted octanol–water partition coefficient (Wildman–Crippen LogP) is 3.93. The molecule has 1 aliphatic rings. The number of nitrogens with two attached hydrogens (primary N) is 1. The maximum Gasteiger partial charge on any atom is 0.258 e. The summed E-state index contributed by atoms with van der Waals surface area (Å²) in [5.74, 6) is 0.982. The quantitative estimate of drug-likeness (QED) is 0.601. The second-order valence-electron chi connectivity index (χ2n) is 6.82. The normalized spacial score (nSPS) is 16.3. The highest BCUT2D eigenvalue weighted by atomic mass is 16.5. The number of nitrogens with zero attached hydrogens (tertiary/aromatic N) is 4. The molecule has 1 aliphatic carbocycles. The summed E-state index contributed by atoms with van der Waals surface area (Å²) >= 11 is 0. The van der Waals surface area contributed by atoms with Crippen molar-refractivity contribution < 1.29 is 4.52 Å². The van der Waals surface area contributed by atoms with Crippen LogP contribution in [0.3, 0.4) is 0 Å². The van der Waals surface area contributed by atoms with E-state index < -0.39 is 0 Å². The summed E-state index contributed by atoms with van der Waals surface area (Å²) in [6.45, 7) is 0. The lowest BCUT2D eigenvalue weighted by Crippen LogP contribution is -2.17. The first kappa shape index (κ1) is 16.0. The molecule has 0 aliphatic heterocycles. The summed E-state index contributed by atoms with van der Waals surface area (Å²) in [7, 11) is 0. The van der Waals surface area contributed by atoms with Gasteiger partial charge in [0.25, 0.3) is 5.89 Å². The molecule has 2 aromatic carbocycles. The largest absolute Gasteiger partial charge is 0.334 e. The number of benzene rings is 2. The number of para-hydroxylation sites is 1. The van der Waals surface area contributed by atoms with Crippen LogP contribution in [0.2, 0.25) is 0 Å². The molecule has 0 saturated heterocycles. The van der Waals surface area contributed by atoms with Crippen LogP contribution in [0, 0.1) is 0 Å². The minimum atomic E-state index is 0.128. The zero-order valence-corrected chi connectivity index (χ0v) is 14.7. The molecule has 0 spiro atoms. The Morgan fingerprint density at radius 2 is 1.96 bits per heavy atom. The third kappa shape index (κ3) is 2.94. The molecule has 27 heavy (non-hydrogen) atoms.